The van der Waals surface area contributed by atoms with Crippen LogP contribution >= 0.6 is 11.6 Å². The number of halogens is 1. The van der Waals surface area contributed by atoms with E-state index < -0.39 is 11.8 Å². The third-order valence-electron chi connectivity index (χ3n) is 4.11. The molecule has 28 heavy (non-hydrogen) atoms. The molecule has 2 aromatic carbocycles. The number of hydrogen-bond acceptors (Lipinski definition) is 4. The van der Waals surface area contributed by atoms with Crippen molar-refractivity contribution in [2.45, 2.75) is 33.3 Å². The molecule has 0 unspecified atom stereocenters. The molecule has 1 heterocycles. The maximum atomic E-state index is 13.1. The van der Waals surface area contributed by atoms with E-state index in [2.05, 4.69) is 0 Å². The Morgan fingerprint density at radius 1 is 1.00 bits per heavy atom. The van der Waals surface area contributed by atoms with Crippen LogP contribution in [0.1, 0.15) is 32.8 Å². The van der Waals surface area contributed by atoms with Crippen molar-refractivity contribution in [1.29, 1.82) is 0 Å². The largest absolute Gasteiger partial charge is 0.491 e. The fraction of sp³-hybridized carbons (Fsp3) is 0.273. The normalized spacial score (nSPS) is 14.2. The van der Waals surface area contributed by atoms with Crippen molar-refractivity contribution in [3.8, 4) is 11.5 Å². The van der Waals surface area contributed by atoms with E-state index in [0.29, 0.717) is 29.4 Å². The number of carbonyl (C=O) groups is 2. The number of benzene rings is 2. The number of anilines is 1. The van der Waals surface area contributed by atoms with Gasteiger partial charge >= 0.3 is 0 Å². The second kappa shape index (κ2) is 8.48. The minimum absolute atomic E-state index is 0.0402. The first-order valence-electron chi connectivity index (χ1n) is 9.21. The van der Waals surface area contributed by atoms with Gasteiger partial charge in [0.05, 0.1) is 24.0 Å². The highest BCUT2D eigenvalue weighted by molar-refractivity contribution is 6.60. The summed E-state index contributed by atoms with van der Waals surface area (Å²) in [7, 11) is 0. The second-order valence-corrected chi connectivity index (χ2v) is 7.02. The average Bonchev–Trinajstić information content (AvgIpc) is 2.89. The fourth-order valence-corrected chi connectivity index (χ4v) is 3.19. The minimum atomic E-state index is -0.559. The summed E-state index contributed by atoms with van der Waals surface area (Å²) in [6.45, 7) is 6.33. The summed E-state index contributed by atoms with van der Waals surface area (Å²) in [5.41, 5.74) is 1.13. The average molecular weight is 400 g/mol. The van der Waals surface area contributed by atoms with Crippen LogP contribution in [-0.2, 0) is 9.59 Å². The summed E-state index contributed by atoms with van der Waals surface area (Å²) in [5, 5.41) is -0.104. The number of carbonyl (C=O) groups excluding carboxylic acids is 2. The van der Waals surface area contributed by atoms with Crippen LogP contribution in [0, 0.1) is 0 Å². The molecule has 0 spiro atoms. The molecule has 0 bridgehead atoms. The van der Waals surface area contributed by atoms with Gasteiger partial charge in [-0.1, -0.05) is 42.8 Å². The zero-order chi connectivity index (χ0) is 20.3. The van der Waals surface area contributed by atoms with Gasteiger partial charge in [0, 0.05) is 0 Å². The number of amides is 2. The van der Waals surface area contributed by atoms with Crippen molar-refractivity contribution in [2.24, 2.45) is 0 Å². The number of rotatable bonds is 7. The molecule has 0 fully saturated rings. The number of nitrogens with zero attached hydrogens (tertiary/aromatic N) is 1. The van der Waals surface area contributed by atoms with Crippen LogP contribution in [0.3, 0.4) is 0 Å². The second-order valence-electron chi connectivity index (χ2n) is 6.64. The van der Waals surface area contributed by atoms with E-state index in [1.807, 2.05) is 20.8 Å². The van der Waals surface area contributed by atoms with Gasteiger partial charge in [0.15, 0.2) is 0 Å². The molecule has 6 heteroatoms. The van der Waals surface area contributed by atoms with Crippen LogP contribution in [0.15, 0.2) is 53.6 Å². The molecule has 0 saturated carbocycles. The van der Waals surface area contributed by atoms with Crippen LogP contribution in [0.2, 0.25) is 0 Å². The zero-order valence-corrected chi connectivity index (χ0v) is 16.8. The van der Waals surface area contributed by atoms with E-state index in [4.69, 9.17) is 21.1 Å². The van der Waals surface area contributed by atoms with E-state index in [0.717, 1.165) is 11.3 Å². The van der Waals surface area contributed by atoms with Crippen molar-refractivity contribution in [2.75, 3.05) is 11.5 Å². The maximum absolute atomic E-state index is 13.1. The van der Waals surface area contributed by atoms with E-state index in [-0.39, 0.29) is 16.7 Å². The Kier molecular flexibility index (Phi) is 6.05. The summed E-state index contributed by atoms with van der Waals surface area (Å²) >= 11 is 6.28. The topological polar surface area (TPSA) is 55.8 Å². The first-order chi connectivity index (χ1) is 13.4. The van der Waals surface area contributed by atoms with Gasteiger partial charge in [0.2, 0.25) is 0 Å². The highest BCUT2D eigenvalue weighted by atomic mass is 35.5. The molecule has 0 aromatic heterocycles. The fourth-order valence-electron chi connectivity index (χ4n) is 2.92. The van der Waals surface area contributed by atoms with Gasteiger partial charge in [-0.05, 0) is 50.1 Å². The van der Waals surface area contributed by atoms with Crippen molar-refractivity contribution in [3.05, 3.63) is 59.1 Å². The lowest BCUT2D eigenvalue weighted by atomic mass is 10.1. The van der Waals surface area contributed by atoms with E-state index in [1.54, 1.807) is 48.5 Å². The summed E-state index contributed by atoms with van der Waals surface area (Å²) in [4.78, 5) is 26.9. The summed E-state index contributed by atoms with van der Waals surface area (Å²) in [5.74, 6) is 0.122. The van der Waals surface area contributed by atoms with Gasteiger partial charge in [-0.15, -0.1) is 0 Å². The van der Waals surface area contributed by atoms with E-state index in [1.165, 1.54) is 0 Å². The predicted octanol–water partition coefficient (Wildman–Crippen LogP) is 4.79. The molecule has 2 amide bonds. The minimum Gasteiger partial charge on any atom is -0.491 e. The summed E-state index contributed by atoms with van der Waals surface area (Å²) < 4.78 is 11.3. The van der Waals surface area contributed by atoms with Crippen LogP contribution < -0.4 is 14.4 Å². The van der Waals surface area contributed by atoms with Crippen molar-refractivity contribution in [1.82, 2.24) is 0 Å². The van der Waals surface area contributed by atoms with Crippen LogP contribution in [0.4, 0.5) is 5.69 Å². The Labute approximate surface area is 169 Å². The van der Waals surface area contributed by atoms with Crippen molar-refractivity contribution < 1.29 is 19.1 Å². The Balaban J connectivity index is 1.93. The van der Waals surface area contributed by atoms with E-state index >= 15 is 0 Å². The molecular weight excluding hydrogens is 378 g/mol. The monoisotopic (exact) mass is 399 g/mol. The smallest absolute Gasteiger partial charge is 0.277 e. The SMILES string of the molecule is CCCOc1ccccc1N1C(=O)C(Cl)=C(c2ccc(OC(C)C)cc2)C1=O. The van der Waals surface area contributed by atoms with Crippen LogP contribution in [0.5, 0.6) is 11.5 Å². The van der Waals surface area contributed by atoms with Crippen LogP contribution in [-0.4, -0.2) is 24.5 Å². The molecule has 2 aromatic rings. The van der Waals surface area contributed by atoms with Gasteiger partial charge in [0.1, 0.15) is 16.5 Å². The summed E-state index contributed by atoms with van der Waals surface area (Å²) in [6.07, 6.45) is 0.851. The number of ether oxygens (including phenoxy) is 2. The van der Waals surface area contributed by atoms with Crippen molar-refractivity contribution >= 4 is 34.7 Å². The first-order valence-corrected chi connectivity index (χ1v) is 9.59. The Hall–Kier alpha value is -2.79. The third kappa shape index (κ3) is 3.90. The molecule has 0 saturated heterocycles. The molecule has 0 N–H and O–H groups in total. The zero-order valence-electron chi connectivity index (χ0n) is 16.1. The molecule has 0 atom stereocenters. The molecule has 3 rings (SSSR count). The summed E-state index contributed by atoms with van der Waals surface area (Å²) in [6, 6.07) is 13.9. The lowest BCUT2D eigenvalue weighted by Gasteiger charge is -2.19. The molecule has 1 aliphatic rings. The first kappa shape index (κ1) is 20.0. The van der Waals surface area contributed by atoms with E-state index in [9.17, 15) is 9.59 Å². The van der Waals surface area contributed by atoms with Gasteiger partial charge < -0.3 is 9.47 Å². The molecule has 0 aliphatic carbocycles. The van der Waals surface area contributed by atoms with Gasteiger partial charge in [-0.3, -0.25) is 9.59 Å². The quantitative estimate of drug-likeness (QED) is 0.628. The van der Waals surface area contributed by atoms with Gasteiger partial charge in [0.25, 0.3) is 11.8 Å². The molecule has 1 aliphatic heterocycles. The van der Waals surface area contributed by atoms with Gasteiger partial charge in [-0.25, -0.2) is 4.90 Å². The lowest BCUT2D eigenvalue weighted by molar-refractivity contribution is -0.119. The molecular formula is C22H22ClNO4. The number of imide groups is 1. The lowest BCUT2D eigenvalue weighted by Crippen LogP contribution is -2.31. The maximum Gasteiger partial charge on any atom is 0.277 e. The number of para-hydroxylation sites is 2. The van der Waals surface area contributed by atoms with Crippen molar-refractivity contribution in [3.63, 3.8) is 0 Å². The Morgan fingerprint density at radius 3 is 2.32 bits per heavy atom. The molecule has 5 nitrogen and oxygen atoms in total. The third-order valence-corrected chi connectivity index (χ3v) is 4.46. The highest BCUT2D eigenvalue weighted by Gasteiger charge is 2.40. The highest BCUT2D eigenvalue weighted by Crippen LogP contribution is 2.39. The standard InChI is InChI=1S/C22H22ClNO4/c1-4-13-27-18-8-6-5-7-17(18)24-21(25)19(20(23)22(24)26)15-9-11-16(12-10-15)28-14(2)3/h5-12,14H,4,13H2,1-3H3. The molecule has 0 radical (unpaired) electrons. The van der Waals surface area contributed by atoms with Crippen LogP contribution in [0.25, 0.3) is 5.57 Å². The molecule has 146 valence electrons. The van der Waals surface area contributed by atoms with Gasteiger partial charge in [-0.2, -0.15) is 0 Å². The Bertz CT molecular complexity index is 918. The Morgan fingerprint density at radius 2 is 1.68 bits per heavy atom. The number of hydrogen-bond donors (Lipinski definition) is 0. The predicted molar refractivity (Wildman–Crippen MR) is 110 cm³/mol.